The number of halogens is 1. The number of amides is 3. The number of thiazole rings is 1. The van der Waals surface area contributed by atoms with Gasteiger partial charge < -0.3 is 15.0 Å². The lowest BCUT2D eigenvalue weighted by atomic mass is 9.98. The average Bonchev–Trinajstić information content (AvgIpc) is 3.31. The van der Waals surface area contributed by atoms with E-state index in [1.54, 1.807) is 29.6 Å². The first-order chi connectivity index (χ1) is 15.4. The number of hydrogen-bond donors (Lipinski definition) is 3. The van der Waals surface area contributed by atoms with Gasteiger partial charge in [-0.3, -0.25) is 25.2 Å². The second-order valence-corrected chi connectivity index (χ2v) is 8.67. The summed E-state index contributed by atoms with van der Waals surface area (Å²) >= 11 is 7.22. The van der Waals surface area contributed by atoms with Crippen LogP contribution < -0.4 is 21.1 Å². The summed E-state index contributed by atoms with van der Waals surface area (Å²) in [6.45, 7) is 6.44. The lowest BCUT2D eigenvalue weighted by Crippen LogP contribution is -2.54. The molecule has 1 aliphatic heterocycles. The number of benzene rings is 1. The number of hydrogen-bond acceptors (Lipinski definition) is 7. The molecule has 1 aliphatic rings. The van der Waals surface area contributed by atoms with Gasteiger partial charge in [-0.2, -0.15) is 0 Å². The summed E-state index contributed by atoms with van der Waals surface area (Å²) in [4.78, 5) is 44.2. The molecule has 0 aliphatic carbocycles. The van der Waals surface area contributed by atoms with Crippen LogP contribution >= 0.6 is 22.9 Å². The highest BCUT2D eigenvalue weighted by Gasteiger charge is 2.27. The van der Waals surface area contributed by atoms with E-state index in [0.717, 1.165) is 18.2 Å². The van der Waals surface area contributed by atoms with Gasteiger partial charge in [0.2, 0.25) is 0 Å². The molecule has 1 aromatic heterocycles. The monoisotopic (exact) mass is 479 g/mol. The van der Waals surface area contributed by atoms with E-state index in [0.29, 0.717) is 30.2 Å². The zero-order valence-corrected chi connectivity index (χ0v) is 19.5. The van der Waals surface area contributed by atoms with Crippen LogP contribution in [0.5, 0.6) is 0 Å². The highest BCUT2D eigenvalue weighted by molar-refractivity contribution is 7.13. The van der Waals surface area contributed by atoms with Gasteiger partial charge in [-0.25, -0.2) is 4.98 Å². The number of carbonyl (C=O) groups is 3. The normalized spacial score (nSPS) is 15.5. The standard InChI is InChI=1S/C21H26ClN5O4S/c1-3-13(2)17(24-18(28)14-4-6-15(22)7-5-14)20(30)26-25-19(29)16-12-32-21(23-16)27-8-10-31-11-9-27/h4-7,12-13,17H,3,8-11H2,1-2H3,(H,24,28)(H,25,29)(H,26,30)/t13-,17-/m0/s1. The van der Waals surface area contributed by atoms with E-state index in [1.807, 2.05) is 13.8 Å². The van der Waals surface area contributed by atoms with Crippen LogP contribution in [0.1, 0.15) is 41.1 Å². The van der Waals surface area contributed by atoms with Gasteiger partial charge in [0.1, 0.15) is 11.7 Å². The van der Waals surface area contributed by atoms with Crippen LogP contribution in [0.2, 0.25) is 5.02 Å². The van der Waals surface area contributed by atoms with Gasteiger partial charge in [0.15, 0.2) is 5.13 Å². The van der Waals surface area contributed by atoms with Gasteiger partial charge in [0, 0.05) is 29.1 Å². The minimum atomic E-state index is -0.831. The zero-order chi connectivity index (χ0) is 23.1. The van der Waals surface area contributed by atoms with Crippen LogP contribution in [0.15, 0.2) is 29.6 Å². The second-order valence-electron chi connectivity index (χ2n) is 7.40. The first kappa shape index (κ1) is 24.0. The zero-order valence-electron chi connectivity index (χ0n) is 17.9. The van der Waals surface area contributed by atoms with E-state index in [9.17, 15) is 14.4 Å². The van der Waals surface area contributed by atoms with Crippen molar-refractivity contribution in [1.82, 2.24) is 21.2 Å². The van der Waals surface area contributed by atoms with Crippen molar-refractivity contribution in [1.29, 1.82) is 0 Å². The minimum Gasteiger partial charge on any atom is -0.378 e. The Hall–Kier alpha value is -2.69. The number of carbonyl (C=O) groups excluding carboxylic acids is 3. The Kier molecular flexibility index (Phi) is 8.43. The van der Waals surface area contributed by atoms with Gasteiger partial charge in [0.25, 0.3) is 17.7 Å². The molecule has 0 radical (unpaired) electrons. The Morgan fingerprint density at radius 3 is 2.50 bits per heavy atom. The fraction of sp³-hybridized carbons (Fsp3) is 0.429. The maximum atomic E-state index is 12.8. The Morgan fingerprint density at radius 2 is 1.84 bits per heavy atom. The van der Waals surface area contributed by atoms with E-state index in [2.05, 4.69) is 26.1 Å². The molecular weight excluding hydrogens is 454 g/mol. The van der Waals surface area contributed by atoms with E-state index < -0.39 is 23.8 Å². The van der Waals surface area contributed by atoms with Gasteiger partial charge in [-0.1, -0.05) is 31.9 Å². The molecule has 172 valence electrons. The van der Waals surface area contributed by atoms with Crippen molar-refractivity contribution in [2.45, 2.75) is 26.3 Å². The van der Waals surface area contributed by atoms with Crippen LogP contribution in [0.4, 0.5) is 5.13 Å². The van der Waals surface area contributed by atoms with Gasteiger partial charge in [-0.15, -0.1) is 11.3 Å². The molecule has 3 amide bonds. The van der Waals surface area contributed by atoms with Gasteiger partial charge >= 0.3 is 0 Å². The average molecular weight is 480 g/mol. The van der Waals surface area contributed by atoms with E-state index >= 15 is 0 Å². The maximum absolute atomic E-state index is 12.8. The van der Waals surface area contributed by atoms with Crippen LogP contribution in [0.25, 0.3) is 0 Å². The van der Waals surface area contributed by atoms with E-state index in [1.165, 1.54) is 11.3 Å². The second kappa shape index (κ2) is 11.3. The molecule has 2 atom stereocenters. The predicted octanol–water partition coefficient (Wildman–Crippen LogP) is 2.24. The number of nitrogens with one attached hydrogen (secondary N) is 3. The third-order valence-electron chi connectivity index (χ3n) is 5.19. The molecular formula is C21H26ClN5O4S. The number of nitrogens with zero attached hydrogens (tertiary/aromatic N) is 2. The van der Waals surface area contributed by atoms with E-state index in [4.69, 9.17) is 16.3 Å². The quantitative estimate of drug-likeness (QED) is 0.525. The van der Waals surface area contributed by atoms with Crippen molar-refractivity contribution in [3.63, 3.8) is 0 Å². The summed E-state index contributed by atoms with van der Waals surface area (Å²) in [6, 6.07) is 5.54. The fourth-order valence-corrected chi connectivity index (χ4v) is 4.04. The number of anilines is 1. The fourth-order valence-electron chi connectivity index (χ4n) is 3.06. The number of aromatic nitrogens is 1. The van der Waals surface area contributed by atoms with Crippen LogP contribution in [-0.2, 0) is 9.53 Å². The summed E-state index contributed by atoms with van der Waals surface area (Å²) in [7, 11) is 0. The first-order valence-electron chi connectivity index (χ1n) is 10.3. The topological polar surface area (TPSA) is 113 Å². The molecule has 11 heteroatoms. The van der Waals surface area contributed by atoms with Crippen LogP contribution in [0.3, 0.4) is 0 Å². The molecule has 0 unspecified atom stereocenters. The molecule has 3 rings (SSSR count). The largest absolute Gasteiger partial charge is 0.378 e. The molecule has 2 aromatic rings. The Labute approximate surface area is 195 Å². The minimum absolute atomic E-state index is 0.157. The highest BCUT2D eigenvalue weighted by atomic mass is 35.5. The number of rotatable bonds is 7. The summed E-state index contributed by atoms with van der Waals surface area (Å²) < 4.78 is 5.32. The molecule has 0 saturated carbocycles. The third-order valence-corrected chi connectivity index (χ3v) is 6.35. The molecule has 2 heterocycles. The molecule has 0 bridgehead atoms. The molecule has 32 heavy (non-hydrogen) atoms. The Bertz CT molecular complexity index is 946. The smallest absolute Gasteiger partial charge is 0.289 e. The lowest BCUT2D eigenvalue weighted by Gasteiger charge is -2.26. The van der Waals surface area contributed by atoms with Crippen molar-refractivity contribution >= 4 is 45.8 Å². The first-order valence-corrected chi connectivity index (χ1v) is 11.6. The van der Waals surface area contributed by atoms with Crippen LogP contribution in [-0.4, -0.2) is 55.1 Å². The number of hydrazine groups is 1. The molecule has 9 nitrogen and oxygen atoms in total. The third kappa shape index (κ3) is 6.18. The van der Waals surface area contributed by atoms with Crippen LogP contribution in [0, 0.1) is 5.92 Å². The molecule has 1 saturated heterocycles. The van der Waals surface area contributed by atoms with Gasteiger partial charge in [0.05, 0.1) is 13.2 Å². The Morgan fingerprint density at radius 1 is 1.16 bits per heavy atom. The molecule has 3 N–H and O–H groups in total. The van der Waals surface area contributed by atoms with Gasteiger partial charge in [-0.05, 0) is 30.2 Å². The van der Waals surface area contributed by atoms with Crippen molar-refractivity contribution in [3.05, 3.63) is 45.9 Å². The predicted molar refractivity (Wildman–Crippen MR) is 123 cm³/mol. The number of ether oxygens (including phenoxy) is 1. The summed E-state index contributed by atoms with van der Waals surface area (Å²) in [5, 5.41) is 5.62. The van der Waals surface area contributed by atoms with Crippen molar-refractivity contribution in [2.24, 2.45) is 5.92 Å². The van der Waals surface area contributed by atoms with Crippen molar-refractivity contribution in [2.75, 3.05) is 31.2 Å². The molecule has 0 spiro atoms. The number of morpholine rings is 1. The molecule has 1 aromatic carbocycles. The summed E-state index contributed by atoms with van der Waals surface area (Å²) in [6.07, 6.45) is 0.655. The maximum Gasteiger partial charge on any atom is 0.289 e. The van der Waals surface area contributed by atoms with Crippen molar-refractivity contribution in [3.8, 4) is 0 Å². The lowest BCUT2D eigenvalue weighted by molar-refractivity contribution is -0.124. The van der Waals surface area contributed by atoms with Crippen molar-refractivity contribution < 1.29 is 19.1 Å². The summed E-state index contributed by atoms with van der Waals surface area (Å²) in [5.74, 6) is -1.60. The molecule has 1 fully saturated rings. The Balaban J connectivity index is 1.58. The van der Waals surface area contributed by atoms with E-state index in [-0.39, 0.29) is 11.6 Å². The highest BCUT2D eigenvalue weighted by Crippen LogP contribution is 2.21. The summed E-state index contributed by atoms with van der Waals surface area (Å²) in [5.41, 5.74) is 5.39. The SMILES string of the molecule is CC[C@H](C)[C@H](NC(=O)c1ccc(Cl)cc1)C(=O)NNC(=O)c1csc(N2CCOCC2)n1.